The van der Waals surface area contributed by atoms with Crippen LogP contribution in [0.15, 0.2) is 18.2 Å². The number of methoxy groups -OCH3 is 1. The molecule has 3 N–H and O–H groups in total. The molecule has 5 heteroatoms. The van der Waals surface area contributed by atoms with Gasteiger partial charge in [-0.25, -0.2) is 0 Å². The lowest BCUT2D eigenvalue weighted by atomic mass is 10.2. The van der Waals surface area contributed by atoms with Gasteiger partial charge in [-0.05, 0) is 24.6 Å². The van der Waals surface area contributed by atoms with Crippen LogP contribution >= 0.6 is 0 Å². The minimum Gasteiger partial charge on any atom is -0.493 e. The van der Waals surface area contributed by atoms with Crippen molar-refractivity contribution < 1.29 is 19.3 Å². The molecule has 5 nitrogen and oxygen atoms in total. The molecule has 0 amide bonds. The Morgan fingerprint density at radius 2 is 2.11 bits per heavy atom. The van der Waals surface area contributed by atoms with Crippen LogP contribution in [-0.4, -0.2) is 38.1 Å². The van der Waals surface area contributed by atoms with E-state index in [4.69, 9.17) is 25.1 Å². The molecule has 0 heterocycles. The molecule has 0 aromatic heterocycles. The zero-order chi connectivity index (χ0) is 14.1. The highest BCUT2D eigenvalue weighted by atomic mass is 16.5. The summed E-state index contributed by atoms with van der Waals surface area (Å²) in [6.45, 7) is 3.57. The van der Waals surface area contributed by atoms with E-state index in [0.717, 1.165) is 12.0 Å². The Bertz CT molecular complexity index is 370. The topological polar surface area (TPSA) is 73.9 Å². The number of rotatable bonds is 9. The zero-order valence-electron chi connectivity index (χ0n) is 11.6. The molecule has 0 radical (unpaired) electrons. The highest BCUT2D eigenvalue weighted by Gasteiger charge is 2.09. The van der Waals surface area contributed by atoms with E-state index >= 15 is 0 Å². The van der Waals surface area contributed by atoms with E-state index in [0.29, 0.717) is 31.3 Å². The molecule has 1 atom stereocenters. The predicted octanol–water partition coefficient (Wildman–Crippen LogP) is 1.32. The monoisotopic (exact) mass is 269 g/mol. The van der Waals surface area contributed by atoms with Gasteiger partial charge in [-0.2, -0.15) is 0 Å². The summed E-state index contributed by atoms with van der Waals surface area (Å²) in [6.07, 6.45) is 0.752. The summed E-state index contributed by atoms with van der Waals surface area (Å²) in [4.78, 5) is 0. The lowest BCUT2D eigenvalue weighted by Crippen LogP contribution is -2.25. The van der Waals surface area contributed by atoms with E-state index in [1.54, 1.807) is 25.3 Å². The second kappa shape index (κ2) is 8.74. The number of ether oxygens (including phenoxy) is 3. The molecule has 0 aliphatic carbocycles. The predicted molar refractivity (Wildman–Crippen MR) is 73.5 cm³/mol. The Labute approximate surface area is 114 Å². The van der Waals surface area contributed by atoms with Gasteiger partial charge in [0.25, 0.3) is 0 Å². The quantitative estimate of drug-likeness (QED) is 0.707. The van der Waals surface area contributed by atoms with Crippen LogP contribution in [0.3, 0.4) is 0 Å². The molecule has 1 rings (SSSR count). The van der Waals surface area contributed by atoms with E-state index < -0.39 is 0 Å². The van der Waals surface area contributed by atoms with Crippen LogP contribution in [0.4, 0.5) is 0 Å². The molecule has 0 spiro atoms. The van der Waals surface area contributed by atoms with Gasteiger partial charge in [-0.15, -0.1) is 0 Å². The molecule has 1 aromatic rings. The summed E-state index contributed by atoms with van der Waals surface area (Å²) in [5.74, 6) is 1.28. The molecule has 0 saturated carbocycles. The van der Waals surface area contributed by atoms with Gasteiger partial charge in [0.05, 0.1) is 26.4 Å². The van der Waals surface area contributed by atoms with Crippen LogP contribution < -0.4 is 15.2 Å². The normalized spacial score (nSPS) is 12.2. The summed E-state index contributed by atoms with van der Waals surface area (Å²) >= 11 is 0. The lowest BCUT2D eigenvalue weighted by Gasteiger charge is -2.16. The van der Waals surface area contributed by atoms with Crippen LogP contribution in [0.5, 0.6) is 11.5 Å². The number of aliphatic hydroxyl groups excluding tert-OH is 1. The molecule has 1 aromatic carbocycles. The Balaban J connectivity index is 2.52. The number of benzene rings is 1. The Morgan fingerprint density at radius 1 is 1.32 bits per heavy atom. The summed E-state index contributed by atoms with van der Waals surface area (Å²) in [7, 11) is 1.58. The van der Waals surface area contributed by atoms with E-state index in [-0.39, 0.29) is 12.7 Å². The third kappa shape index (κ3) is 5.06. The van der Waals surface area contributed by atoms with Gasteiger partial charge in [0.15, 0.2) is 11.5 Å². The largest absolute Gasteiger partial charge is 0.493 e. The van der Waals surface area contributed by atoms with Crippen molar-refractivity contribution in [3.05, 3.63) is 23.8 Å². The smallest absolute Gasteiger partial charge is 0.161 e. The summed E-state index contributed by atoms with van der Waals surface area (Å²) in [5, 5.41) is 9.06. The van der Waals surface area contributed by atoms with Crippen molar-refractivity contribution in [2.75, 3.05) is 26.9 Å². The van der Waals surface area contributed by atoms with Crippen LogP contribution in [0, 0.1) is 0 Å². The first-order valence-corrected chi connectivity index (χ1v) is 6.47. The first kappa shape index (κ1) is 15.8. The van der Waals surface area contributed by atoms with Gasteiger partial charge in [0.1, 0.15) is 0 Å². The Morgan fingerprint density at radius 3 is 2.68 bits per heavy atom. The molecule has 1 unspecified atom stereocenters. The van der Waals surface area contributed by atoms with Crippen molar-refractivity contribution in [3.8, 4) is 11.5 Å². The highest BCUT2D eigenvalue weighted by molar-refractivity contribution is 5.42. The summed E-state index contributed by atoms with van der Waals surface area (Å²) in [5.41, 5.74) is 6.39. The molecule has 19 heavy (non-hydrogen) atoms. The third-order valence-corrected chi connectivity index (χ3v) is 2.77. The lowest BCUT2D eigenvalue weighted by molar-refractivity contribution is 0.0524. The average molecular weight is 269 g/mol. The molecule has 0 bridgehead atoms. The van der Waals surface area contributed by atoms with Crippen LogP contribution in [0.25, 0.3) is 0 Å². The van der Waals surface area contributed by atoms with Crippen molar-refractivity contribution in [1.82, 2.24) is 0 Å². The fourth-order valence-corrected chi connectivity index (χ4v) is 1.73. The molecular formula is C14H23NO4. The second-order valence-corrected chi connectivity index (χ2v) is 4.09. The van der Waals surface area contributed by atoms with E-state index in [1.807, 2.05) is 6.92 Å². The van der Waals surface area contributed by atoms with Crippen molar-refractivity contribution in [2.45, 2.75) is 26.1 Å². The van der Waals surface area contributed by atoms with Crippen LogP contribution in [-0.2, 0) is 11.3 Å². The Hall–Kier alpha value is -1.30. The fraction of sp³-hybridized carbons (Fsp3) is 0.571. The van der Waals surface area contributed by atoms with Crippen molar-refractivity contribution in [3.63, 3.8) is 0 Å². The minimum absolute atomic E-state index is 0.0176. The molecule has 0 aliphatic rings. The van der Waals surface area contributed by atoms with Crippen molar-refractivity contribution in [1.29, 1.82) is 0 Å². The summed E-state index contributed by atoms with van der Waals surface area (Å²) < 4.78 is 16.3. The number of aliphatic hydroxyl groups is 1. The van der Waals surface area contributed by atoms with E-state index in [1.165, 1.54) is 0 Å². The number of hydrogen-bond acceptors (Lipinski definition) is 5. The van der Waals surface area contributed by atoms with Gasteiger partial charge < -0.3 is 25.1 Å². The van der Waals surface area contributed by atoms with Gasteiger partial charge in [0, 0.05) is 19.6 Å². The first-order valence-electron chi connectivity index (χ1n) is 6.47. The van der Waals surface area contributed by atoms with Crippen LogP contribution in [0.1, 0.15) is 18.9 Å². The molecule has 108 valence electrons. The number of hydrogen-bond donors (Lipinski definition) is 2. The minimum atomic E-state index is -0.0176. The maximum Gasteiger partial charge on any atom is 0.161 e. The van der Waals surface area contributed by atoms with E-state index in [9.17, 15) is 0 Å². The highest BCUT2D eigenvalue weighted by Crippen LogP contribution is 2.28. The molecule has 0 fully saturated rings. The van der Waals surface area contributed by atoms with Gasteiger partial charge in [-0.1, -0.05) is 6.07 Å². The standard InChI is InChI=1S/C14H23NO4/c1-3-18-12(9-15)6-7-19-13-5-4-11(10-16)8-14(13)17-2/h4-5,8,12,16H,3,6-7,9-10,15H2,1-2H3. The van der Waals surface area contributed by atoms with Crippen LogP contribution in [0.2, 0.25) is 0 Å². The SMILES string of the molecule is CCOC(CN)CCOc1ccc(CO)cc1OC. The van der Waals surface area contributed by atoms with E-state index in [2.05, 4.69) is 0 Å². The average Bonchev–Trinajstić information content (AvgIpc) is 2.46. The van der Waals surface area contributed by atoms with Crippen molar-refractivity contribution >= 4 is 0 Å². The Kier molecular flexibility index (Phi) is 7.25. The molecular weight excluding hydrogens is 246 g/mol. The fourth-order valence-electron chi connectivity index (χ4n) is 1.73. The van der Waals surface area contributed by atoms with Crippen molar-refractivity contribution in [2.24, 2.45) is 5.73 Å². The van der Waals surface area contributed by atoms with Gasteiger partial charge in [-0.3, -0.25) is 0 Å². The van der Waals surface area contributed by atoms with Gasteiger partial charge >= 0.3 is 0 Å². The van der Waals surface area contributed by atoms with Gasteiger partial charge in [0.2, 0.25) is 0 Å². The maximum absolute atomic E-state index is 9.06. The number of nitrogens with two attached hydrogens (primary N) is 1. The molecule has 0 saturated heterocycles. The molecule has 0 aliphatic heterocycles. The summed E-state index contributed by atoms with van der Waals surface area (Å²) in [6, 6.07) is 5.36. The second-order valence-electron chi connectivity index (χ2n) is 4.09. The third-order valence-electron chi connectivity index (χ3n) is 2.77. The first-order chi connectivity index (χ1) is 9.24. The zero-order valence-corrected chi connectivity index (χ0v) is 11.6. The maximum atomic E-state index is 9.06.